The van der Waals surface area contributed by atoms with Crippen LogP contribution in [0.15, 0.2) is 17.5 Å². The van der Waals surface area contributed by atoms with E-state index in [2.05, 4.69) is 22.1 Å². The summed E-state index contributed by atoms with van der Waals surface area (Å²) in [6.07, 6.45) is 7.02. The Morgan fingerprint density at radius 2 is 2.18 bits per heavy atom. The Bertz CT molecular complexity index is 331. The minimum Gasteiger partial charge on any atom is -0.338 e. The fraction of sp³-hybridized carbons (Fsp3) is 0.615. The quantitative estimate of drug-likeness (QED) is 0.850. The van der Waals surface area contributed by atoms with Gasteiger partial charge in [0.1, 0.15) is 0 Å². The predicted molar refractivity (Wildman–Crippen MR) is 71.4 cm³/mol. The van der Waals surface area contributed by atoms with Gasteiger partial charge in [-0.3, -0.25) is 0 Å². The van der Waals surface area contributed by atoms with Crippen molar-refractivity contribution in [3.63, 3.8) is 0 Å². The molecule has 0 saturated heterocycles. The molecule has 94 valence electrons. The van der Waals surface area contributed by atoms with E-state index in [1.165, 1.54) is 24.1 Å². The topological polar surface area (TPSA) is 41.1 Å². The number of thiophene rings is 1. The van der Waals surface area contributed by atoms with Crippen LogP contribution in [0.5, 0.6) is 0 Å². The second-order valence-electron chi connectivity index (χ2n) is 4.56. The fourth-order valence-electron chi connectivity index (χ4n) is 2.24. The lowest BCUT2D eigenvalue weighted by Crippen LogP contribution is -2.43. The molecule has 0 radical (unpaired) electrons. The molecule has 1 heterocycles. The Morgan fingerprint density at radius 3 is 2.88 bits per heavy atom. The van der Waals surface area contributed by atoms with E-state index in [4.69, 9.17) is 0 Å². The fourth-order valence-corrected chi connectivity index (χ4v) is 2.95. The SMILES string of the molecule is O=C(NCCc1cccs1)NC1CCCCC1. The normalized spacial score (nSPS) is 16.7. The zero-order valence-corrected chi connectivity index (χ0v) is 10.9. The Balaban J connectivity index is 1.60. The third-order valence-electron chi connectivity index (χ3n) is 3.18. The van der Waals surface area contributed by atoms with Crippen LogP contribution >= 0.6 is 11.3 Å². The van der Waals surface area contributed by atoms with Gasteiger partial charge in [-0.15, -0.1) is 11.3 Å². The van der Waals surface area contributed by atoms with E-state index >= 15 is 0 Å². The summed E-state index contributed by atoms with van der Waals surface area (Å²) < 4.78 is 0. The van der Waals surface area contributed by atoms with Crippen LogP contribution < -0.4 is 10.6 Å². The summed E-state index contributed by atoms with van der Waals surface area (Å²) in [6.45, 7) is 0.721. The average molecular weight is 252 g/mol. The number of amides is 2. The molecule has 0 spiro atoms. The molecular weight excluding hydrogens is 232 g/mol. The highest BCUT2D eigenvalue weighted by Crippen LogP contribution is 2.17. The maximum absolute atomic E-state index is 11.6. The van der Waals surface area contributed by atoms with Crippen LogP contribution in [0.1, 0.15) is 37.0 Å². The molecule has 0 aromatic carbocycles. The van der Waals surface area contributed by atoms with Gasteiger partial charge in [0.05, 0.1) is 0 Å². The standard InChI is InChI=1S/C13H20N2OS/c16-13(15-11-5-2-1-3-6-11)14-9-8-12-7-4-10-17-12/h4,7,10-11H,1-3,5-6,8-9H2,(H2,14,15,16). The highest BCUT2D eigenvalue weighted by molar-refractivity contribution is 7.09. The minimum atomic E-state index is -0.00606. The lowest BCUT2D eigenvalue weighted by Gasteiger charge is -2.22. The molecule has 1 aromatic rings. The summed E-state index contributed by atoms with van der Waals surface area (Å²) in [5, 5.41) is 8.04. The second-order valence-corrected chi connectivity index (χ2v) is 5.60. The number of carbonyl (C=O) groups excluding carboxylic acids is 1. The number of carbonyl (C=O) groups is 1. The monoisotopic (exact) mass is 252 g/mol. The molecule has 0 atom stereocenters. The number of hydrogen-bond acceptors (Lipinski definition) is 2. The first-order valence-corrected chi connectivity index (χ1v) is 7.29. The molecule has 2 amide bonds. The molecular formula is C13H20N2OS. The van der Waals surface area contributed by atoms with Crippen molar-refractivity contribution in [3.05, 3.63) is 22.4 Å². The maximum Gasteiger partial charge on any atom is 0.315 e. The van der Waals surface area contributed by atoms with Gasteiger partial charge in [-0.1, -0.05) is 25.3 Å². The largest absolute Gasteiger partial charge is 0.338 e. The molecule has 0 unspecified atom stereocenters. The van der Waals surface area contributed by atoms with Gasteiger partial charge in [-0.05, 0) is 30.7 Å². The summed E-state index contributed by atoms with van der Waals surface area (Å²) in [7, 11) is 0. The van der Waals surface area contributed by atoms with Gasteiger partial charge in [0.15, 0.2) is 0 Å². The van der Waals surface area contributed by atoms with Gasteiger partial charge in [0.2, 0.25) is 0 Å². The first-order chi connectivity index (χ1) is 8.34. The van der Waals surface area contributed by atoms with Crippen LogP contribution in [0.3, 0.4) is 0 Å². The molecule has 1 fully saturated rings. The van der Waals surface area contributed by atoms with Gasteiger partial charge in [-0.25, -0.2) is 4.79 Å². The van der Waals surface area contributed by atoms with Gasteiger partial charge in [-0.2, -0.15) is 0 Å². The third kappa shape index (κ3) is 4.38. The molecule has 1 aromatic heterocycles. The second kappa shape index (κ2) is 6.64. The molecule has 3 nitrogen and oxygen atoms in total. The van der Waals surface area contributed by atoms with E-state index in [9.17, 15) is 4.79 Å². The summed E-state index contributed by atoms with van der Waals surface area (Å²) in [4.78, 5) is 12.9. The lowest BCUT2D eigenvalue weighted by atomic mass is 9.96. The highest BCUT2D eigenvalue weighted by Gasteiger charge is 2.14. The Kier molecular flexibility index (Phi) is 4.86. The lowest BCUT2D eigenvalue weighted by molar-refractivity contribution is 0.233. The van der Waals surface area contributed by atoms with Crippen molar-refractivity contribution in [2.45, 2.75) is 44.6 Å². The molecule has 2 N–H and O–H groups in total. The van der Waals surface area contributed by atoms with Gasteiger partial charge in [0, 0.05) is 17.5 Å². The summed E-state index contributed by atoms with van der Waals surface area (Å²) in [5.41, 5.74) is 0. The number of hydrogen-bond donors (Lipinski definition) is 2. The van der Waals surface area contributed by atoms with Crippen molar-refractivity contribution >= 4 is 17.4 Å². The molecule has 1 aliphatic rings. The zero-order chi connectivity index (χ0) is 11.9. The van der Waals surface area contributed by atoms with Crippen molar-refractivity contribution in [1.29, 1.82) is 0 Å². The third-order valence-corrected chi connectivity index (χ3v) is 4.11. The van der Waals surface area contributed by atoms with Crippen LogP contribution in [0.4, 0.5) is 4.79 Å². The number of urea groups is 1. The Labute approximate surface area is 107 Å². The van der Waals surface area contributed by atoms with E-state index in [0.717, 1.165) is 25.8 Å². The van der Waals surface area contributed by atoms with Crippen molar-refractivity contribution < 1.29 is 4.79 Å². The van der Waals surface area contributed by atoms with E-state index in [1.807, 2.05) is 6.07 Å². The van der Waals surface area contributed by atoms with Crippen LogP contribution in [-0.4, -0.2) is 18.6 Å². The highest BCUT2D eigenvalue weighted by atomic mass is 32.1. The molecule has 17 heavy (non-hydrogen) atoms. The van der Waals surface area contributed by atoms with Crippen LogP contribution in [0.25, 0.3) is 0 Å². The van der Waals surface area contributed by atoms with Gasteiger partial charge < -0.3 is 10.6 Å². The van der Waals surface area contributed by atoms with E-state index in [-0.39, 0.29) is 6.03 Å². The van der Waals surface area contributed by atoms with Gasteiger partial charge in [0.25, 0.3) is 0 Å². The van der Waals surface area contributed by atoms with Crippen LogP contribution in [-0.2, 0) is 6.42 Å². The zero-order valence-electron chi connectivity index (χ0n) is 10.1. The summed E-state index contributed by atoms with van der Waals surface area (Å²) >= 11 is 1.74. The molecule has 4 heteroatoms. The van der Waals surface area contributed by atoms with Crippen molar-refractivity contribution in [2.24, 2.45) is 0 Å². The van der Waals surface area contributed by atoms with Crippen LogP contribution in [0, 0.1) is 0 Å². The predicted octanol–water partition coefficient (Wildman–Crippen LogP) is 2.92. The summed E-state index contributed by atoms with van der Waals surface area (Å²) in [6, 6.07) is 4.53. The Hall–Kier alpha value is -1.03. The smallest absolute Gasteiger partial charge is 0.315 e. The first kappa shape index (κ1) is 12.4. The number of rotatable bonds is 4. The van der Waals surface area contributed by atoms with Crippen molar-refractivity contribution in [3.8, 4) is 0 Å². The van der Waals surface area contributed by atoms with E-state index in [0.29, 0.717) is 6.04 Å². The van der Waals surface area contributed by atoms with Crippen LogP contribution in [0.2, 0.25) is 0 Å². The Morgan fingerprint density at radius 1 is 1.35 bits per heavy atom. The van der Waals surface area contributed by atoms with E-state index < -0.39 is 0 Å². The molecule has 1 aliphatic carbocycles. The molecule has 0 bridgehead atoms. The first-order valence-electron chi connectivity index (χ1n) is 6.41. The molecule has 1 saturated carbocycles. The average Bonchev–Trinajstić information content (AvgIpc) is 2.83. The van der Waals surface area contributed by atoms with E-state index in [1.54, 1.807) is 11.3 Å². The minimum absolute atomic E-state index is 0.00606. The maximum atomic E-state index is 11.6. The number of nitrogens with one attached hydrogen (secondary N) is 2. The molecule has 2 rings (SSSR count). The van der Waals surface area contributed by atoms with Gasteiger partial charge >= 0.3 is 6.03 Å². The van der Waals surface area contributed by atoms with Crippen molar-refractivity contribution in [1.82, 2.24) is 10.6 Å². The molecule has 0 aliphatic heterocycles. The van der Waals surface area contributed by atoms with Crippen molar-refractivity contribution in [2.75, 3.05) is 6.54 Å². The summed E-state index contributed by atoms with van der Waals surface area (Å²) in [5.74, 6) is 0.